The van der Waals surface area contributed by atoms with Crippen LogP contribution in [-0.2, 0) is 15.3 Å². The van der Waals surface area contributed by atoms with Gasteiger partial charge in [0.25, 0.3) is 0 Å². The van der Waals surface area contributed by atoms with E-state index >= 15 is 0 Å². The van der Waals surface area contributed by atoms with E-state index in [2.05, 4.69) is 30.6 Å². The first-order valence-corrected chi connectivity index (χ1v) is 13.9. The van der Waals surface area contributed by atoms with Gasteiger partial charge in [0.15, 0.2) is 27.1 Å². The number of sulfone groups is 1. The SMILES string of the molecule is C[C@@H](NC(=O)c1nc(C(C)(C)C)no1)c1ccc(-c2ccnc3[nH]nc(N4CCS(=O)(=O)CC4)c23)cc1. The number of H-pyrrole nitrogens is 1. The summed E-state index contributed by atoms with van der Waals surface area (Å²) in [5.74, 6) is 0.898. The maximum atomic E-state index is 12.6. The van der Waals surface area contributed by atoms with Crippen molar-refractivity contribution in [3.63, 3.8) is 0 Å². The number of aromatic amines is 1. The molecule has 1 aromatic carbocycles. The molecule has 4 heterocycles. The highest BCUT2D eigenvalue weighted by molar-refractivity contribution is 7.91. The minimum atomic E-state index is -3.01. The number of nitrogens with zero attached hydrogens (tertiary/aromatic N) is 5. The van der Waals surface area contributed by atoms with E-state index in [0.717, 1.165) is 22.1 Å². The van der Waals surface area contributed by atoms with E-state index in [0.29, 0.717) is 30.4 Å². The Bertz CT molecular complexity index is 1540. The van der Waals surface area contributed by atoms with Gasteiger partial charge in [-0.1, -0.05) is 50.2 Å². The Morgan fingerprint density at radius 1 is 1.14 bits per heavy atom. The van der Waals surface area contributed by atoms with Gasteiger partial charge in [0.1, 0.15) is 0 Å². The molecule has 0 unspecified atom stereocenters. The van der Waals surface area contributed by atoms with Crippen LogP contribution in [0, 0.1) is 0 Å². The van der Waals surface area contributed by atoms with Crippen LogP contribution in [0.25, 0.3) is 22.2 Å². The molecule has 11 nitrogen and oxygen atoms in total. The summed E-state index contributed by atoms with van der Waals surface area (Å²) in [6.07, 6.45) is 1.72. The second-order valence-corrected chi connectivity index (χ2v) is 12.6. The van der Waals surface area contributed by atoms with E-state index in [1.165, 1.54) is 0 Å². The number of pyridine rings is 1. The molecule has 1 saturated heterocycles. The second kappa shape index (κ2) is 9.25. The summed E-state index contributed by atoms with van der Waals surface area (Å²) in [7, 11) is -3.01. The van der Waals surface area contributed by atoms with Gasteiger partial charge in [-0.15, -0.1) is 0 Å². The standard InChI is InChI=1S/C25H29N7O4S/c1-15(27-22(33)23-28-24(31-36-23)25(2,3)4)16-5-7-17(8-6-16)18-9-10-26-20-19(18)21(30-29-20)32-11-13-37(34,35)14-12-32/h5-10,15H,11-14H2,1-4H3,(H,27,33)(H,26,29,30)/t15-/m1/s1. The summed E-state index contributed by atoms with van der Waals surface area (Å²) < 4.78 is 28.9. The van der Waals surface area contributed by atoms with Crippen LogP contribution < -0.4 is 10.2 Å². The fourth-order valence-electron chi connectivity index (χ4n) is 4.24. The highest BCUT2D eigenvalue weighted by Gasteiger charge is 2.27. The molecular weight excluding hydrogens is 494 g/mol. The molecule has 0 bridgehead atoms. The van der Waals surface area contributed by atoms with Gasteiger partial charge in [-0.2, -0.15) is 10.1 Å². The molecule has 3 aromatic heterocycles. The Hall–Kier alpha value is -3.80. The number of amides is 1. The van der Waals surface area contributed by atoms with Crippen LogP contribution in [0.15, 0.2) is 41.1 Å². The molecule has 0 saturated carbocycles. The summed E-state index contributed by atoms with van der Waals surface area (Å²) >= 11 is 0. The van der Waals surface area contributed by atoms with Gasteiger partial charge >= 0.3 is 11.8 Å². The second-order valence-electron chi connectivity index (χ2n) is 10.3. The molecule has 1 atom stereocenters. The lowest BCUT2D eigenvalue weighted by atomic mass is 9.96. The minimum absolute atomic E-state index is 0.0643. The van der Waals surface area contributed by atoms with Gasteiger partial charge in [-0.25, -0.2) is 13.4 Å². The number of anilines is 1. The fourth-order valence-corrected chi connectivity index (χ4v) is 5.44. The van der Waals surface area contributed by atoms with Gasteiger partial charge in [0.2, 0.25) is 0 Å². The quantitative estimate of drug-likeness (QED) is 0.403. The van der Waals surface area contributed by atoms with Gasteiger partial charge in [0.05, 0.1) is 22.9 Å². The molecule has 1 fully saturated rings. The maximum Gasteiger partial charge on any atom is 0.315 e. The van der Waals surface area contributed by atoms with Crippen molar-refractivity contribution < 1.29 is 17.7 Å². The third-order valence-corrected chi connectivity index (χ3v) is 8.06. The first-order chi connectivity index (χ1) is 17.5. The molecule has 1 aliphatic rings. The van der Waals surface area contributed by atoms with Crippen molar-refractivity contribution in [2.45, 2.75) is 39.2 Å². The normalized spacial score (nSPS) is 16.6. The highest BCUT2D eigenvalue weighted by atomic mass is 32.2. The maximum absolute atomic E-state index is 12.6. The zero-order chi connectivity index (χ0) is 26.4. The Labute approximate surface area is 214 Å². The number of aromatic nitrogens is 5. The number of benzene rings is 1. The smallest absolute Gasteiger partial charge is 0.315 e. The number of hydrogen-bond acceptors (Lipinski definition) is 9. The largest absolute Gasteiger partial charge is 0.353 e. The summed E-state index contributed by atoms with van der Waals surface area (Å²) in [5.41, 5.74) is 3.12. The van der Waals surface area contributed by atoms with Gasteiger partial charge in [0, 0.05) is 24.7 Å². The third-order valence-electron chi connectivity index (χ3n) is 6.45. The molecule has 4 aromatic rings. The van der Waals surface area contributed by atoms with Crippen molar-refractivity contribution >= 4 is 32.6 Å². The number of rotatable bonds is 5. The molecule has 0 radical (unpaired) electrons. The topological polar surface area (TPSA) is 147 Å². The average Bonchev–Trinajstić information content (AvgIpc) is 3.52. The van der Waals surface area contributed by atoms with E-state index in [-0.39, 0.29) is 28.9 Å². The van der Waals surface area contributed by atoms with E-state index in [4.69, 9.17) is 4.52 Å². The zero-order valence-electron chi connectivity index (χ0n) is 21.1. The molecule has 5 rings (SSSR count). The lowest BCUT2D eigenvalue weighted by molar-refractivity contribution is 0.0895. The van der Waals surface area contributed by atoms with Crippen molar-refractivity contribution in [2.24, 2.45) is 0 Å². The van der Waals surface area contributed by atoms with E-state index in [1.807, 2.05) is 62.9 Å². The van der Waals surface area contributed by atoms with Crippen LogP contribution in [0.1, 0.15) is 55.8 Å². The molecule has 12 heteroatoms. The van der Waals surface area contributed by atoms with Crippen LogP contribution in [0.5, 0.6) is 0 Å². The first-order valence-electron chi connectivity index (χ1n) is 12.1. The molecule has 194 valence electrons. The van der Waals surface area contributed by atoms with Crippen molar-refractivity contribution in [1.29, 1.82) is 0 Å². The monoisotopic (exact) mass is 523 g/mol. The third kappa shape index (κ3) is 5.06. The molecule has 37 heavy (non-hydrogen) atoms. The lowest BCUT2D eigenvalue weighted by Crippen LogP contribution is -2.40. The molecule has 1 aliphatic heterocycles. The summed E-state index contributed by atoms with van der Waals surface area (Å²) in [6.45, 7) is 8.52. The lowest BCUT2D eigenvalue weighted by Gasteiger charge is -2.27. The number of carbonyl (C=O) groups is 1. The number of carbonyl (C=O) groups excluding carboxylic acids is 1. The van der Waals surface area contributed by atoms with Crippen molar-refractivity contribution in [1.82, 2.24) is 30.6 Å². The van der Waals surface area contributed by atoms with Gasteiger partial charge in [-0.3, -0.25) is 9.89 Å². The predicted octanol–water partition coefficient (Wildman–Crippen LogP) is 3.03. The highest BCUT2D eigenvalue weighted by Crippen LogP contribution is 2.34. The Morgan fingerprint density at radius 3 is 2.49 bits per heavy atom. The van der Waals surface area contributed by atoms with Crippen LogP contribution >= 0.6 is 0 Å². The molecule has 0 aliphatic carbocycles. The van der Waals surface area contributed by atoms with Crippen LogP contribution in [0.3, 0.4) is 0 Å². The average molecular weight is 524 g/mol. The number of fused-ring (bicyclic) bond motifs is 1. The zero-order valence-corrected chi connectivity index (χ0v) is 22.0. The Balaban J connectivity index is 1.36. The number of hydrogen-bond donors (Lipinski definition) is 2. The van der Waals surface area contributed by atoms with Gasteiger partial charge in [-0.05, 0) is 29.7 Å². The number of nitrogens with one attached hydrogen (secondary N) is 2. The van der Waals surface area contributed by atoms with Gasteiger partial charge < -0.3 is 14.7 Å². The van der Waals surface area contributed by atoms with E-state index < -0.39 is 15.7 Å². The fraction of sp³-hybridized carbons (Fsp3) is 0.400. The van der Waals surface area contributed by atoms with E-state index in [9.17, 15) is 13.2 Å². The molecule has 0 spiro atoms. The van der Waals surface area contributed by atoms with Crippen LogP contribution in [-0.4, -0.2) is 64.2 Å². The van der Waals surface area contributed by atoms with Crippen molar-refractivity contribution in [2.75, 3.05) is 29.5 Å². The Kier molecular flexibility index (Phi) is 6.22. The Morgan fingerprint density at radius 2 is 1.84 bits per heavy atom. The van der Waals surface area contributed by atoms with Crippen molar-refractivity contribution in [3.05, 3.63) is 53.8 Å². The first kappa shape index (κ1) is 24.9. The molecule has 2 N–H and O–H groups in total. The molecular formula is C25H29N7O4S. The summed E-state index contributed by atoms with van der Waals surface area (Å²) in [6, 6.07) is 9.50. The predicted molar refractivity (Wildman–Crippen MR) is 139 cm³/mol. The summed E-state index contributed by atoms with van der Waals surface area (Å²) in [4.78, 5) is 23.2. The minimum Gasteiger partial charge on any atom is -0.353 e. The summed E-state index contributed by atoms with van der Waals surface area (Å²) in [5, 5.41) is 15.1. The van der Waals surface area contributed by atoms with Crippen molar-refractivity contribution in [3.8, 4) is 11.1 Å². The van der Waals surface area contributed by atoms with Crippen LogP contribution in [0.2, 0.25) is 0 Å². The van der Waals surface area contributed by atoms with Crippen LogP contribution in [0.4, 0.5) is 5.82 Å². The molecule has 1 amide bonds. The van der Waals surface area contributed by atoms with E-state index in [1.54, 1.807) is 6.20 Å².